The smallest absolute Gasteiger partial charge is 0.212 e. The van der Waals surface area contributed by atoms with Crippen molar-refractivity contribution in [3.63, 3.8) is 0 Å². The third-order valence-electron chi connectivity index (χ3n) is 1.79. The second-order valence-electron chi connectivity index (χ2n) is 2.73. The third kappa shape index (κ3) is 2.68. The molecule has 1 unspecified atom stereocenters. The molecule has 0 bridgehead atoms. The van der Waals surface area contributed by atoms with Gasteiger partial charge < -0.3 is 15.6 Å². The number of pyridine rings is 1. The van der Waals surface area contributed by atoms with Crippen LogP contribution < -0.4 is 10.5 Å². The van der Waals surface area contributed by atoms with Gasteiger partial charge in [0.15, 0.2) is 0 Å². The summed E-state index contributed by atoms with van der Waals surface area (Å²) in [7, 11) is 1.55. The molecule has 0 radical (unpaired) electrons. The Labute approximate surface area is 77.4 Å². The van der Waals surface area contributed by atoms with E-state index < -0.39 is 6.10 Å². The van der Waals surface area contributed by atoms with Gasteiger partial charge in [-0.1, -0.05) is 0 Å². The van der Waals surface area contributed by atoms with E-state index in [9.17, 15) is 5.11 Å². The lowest BCUT2D eigenvalue weighted by Crippen LogP contribution is -2.06. The number of aromatic nitrogens is 1. The van der Waals surface area contributed by atoms with Crippen LogP contribution in [-0.4, -0.2) is 23.7 Å². The lowest BCUT2D eigenvalue weighted by Gasteiger charge is -2.08. The predicted octanol–water partition coefficient (Wildman–Crippen LogP) is 0.472. The molecule has 0 aliphatic rings. The minimum atomic E-state index is -0.525. The Hall–Kier alpha value is -1.13. The van der Waals surface area contributed by atoms with Gasteiger partial charge in [-0.2, -0.15) is 0 Å². The van der Waals surface area contributed by atoms with E-state index in [1.54, 1.807) is 25.4 Å². The molecule has 4 nitrogen and oxygen atoms in total. The van der Waals surface area contributed by atoms with Crippen molar-refractivity contribution in [1.29, 1.82) is 0 Å². The fraction of sp³-hybridized carbons (Fsp3) is 0.444. The largest absolute Gasteiger partial charge is 0.481 e. The summed E-state index contributed by atoms with van der Waals surface area (Å²) in [6.45, 7) is 0.465. The van der Waals surface area contributed by atoms with E-state index in [0.29, 0.717) is 18.8 Å². The zero-order valence-electron chi connectivity index (χ0n) is 7.60. The van der Waals surface area contributed by atoms with Gasteiger partial charge in [0.25, 0.3) is 0 Å². The molecule has 1 atom stereocenters. The first-order chi connectivity index (χ1) is 6.27. The zero-order valence-corrected chi connectivity index (χ0v) is 7.60. The number of aliphatic hydroxyl groups is 1. The maximum absolute atomic E-state index is 9.52. The molecule has 0 saturated heterocycles. The van der Waals surface area contributed by atoms with Crippen LogP contribution in [0.3, 0.4) is 0 Å². The van der Waals surface area contributed by atoms with Crippen LogP contribution in [0.1, 0.15) is 18.1 Å². The van der Waals surface area contributed by atoms with Crippen molar-refractivity contribution in [3.8, 4) is 5.88 Å². The summed E-state index contributed by atoms with van der Waals surface area (Å²) >= 11 is 0. The summed E-state index contributed by atoms with van der Waals surface area (Å²) in [4.78, 5) is 3.98. The Morgan fingerprint density at radius 3 is 2.85 bits per heavy atom. The van der Waals surface area contributed by atoms with Gasteiger partial charge >= 0.3 is 0 Å². The second kappa shape index (κ2) is 4.79. The van der Waals surface area contributed by atoms with Crippen LogP contribution in [0.5, 0.6) is 5.88 Å². The monoisotopic (exact) mass is 182 g/mol. The molecular weight excluding hydrogens is 168 g/mol. The number of hydrogen-bond acceptors (Lipinski definition) is 4. The van der Waals surface area contributed by atoms with Crippen molar-refractivity contribution >= 4 is 0 Å². The first-order valence-electron chi connectivity index (χ1n) is 4.16. The van der Waals surface area contributed by atoms with Crippen molar-refractivity contribution in [2.45, 2.75) is 12.5 Å². The molecule has 0 fully saturated rings. The van der Waals surface area contributed by atoms with Crippen molar-refractivity contribution < 1.29 is 9.84 Å². The quantitative estimate of drug-likeness (QED) is 0.710. The van der Waals surface area contributed by atoms with Crippen LogP contribution in [0.4, 0.5) is 0 Å². The van der Waals surface area contributed by atoms with Gasteiger partial charge in [0.05, 0.1) is 13.2 Å². The van der Waals surface area contributed by atoms with E-state index in [0.717, 1.165) is 5.56 Å². The molecule has 3 N–H and O–H groups in total. The molecule has 72 valence electrons. The molecule has 0 saturated carbocycles. The van der Waals surface area contributed by atoms with Crippen LogP contribution in [-0.2, 0) is 0 Å². The van der Waals surface area contributed by atoms with Gasteiger partial charge in [0.1, 0.15) is 0 Å². The first kappa shape index (κ1) is 9.95. The highest BCUT2D eigenvalue weighted by molar-refractivity contribution is 5.19. The minimum absolute atomic E-state index is 0.465. The van der Waals surface area contributed by atoms with E-state index in [2.05, 4.69) is 4.98 Å². The van der Waals surface area contributed by atoms with Crippen LogP contribution in [0.25, 0.3) is 0 Å². The summed E-state index contributed by atoms with van der Waals surface area (Å²) in [5.74, 6) is 0.545. The molecule has 1 aromatic heterocycles. The standard InChI is InChI=1S/C9H14N2O2/c1-13-9-3-2-7(6-11-9)8(12)4-5-10/h2-3,6,8,12H,4-5,10H2,1H3. The lowest BCUT2D eigenvalue weighted by atomic mass is 10.1. The lowest BCUT2D eigenvalue weighted by molar-refractivity contribution is 0.170. The average molecular weight is 182 g/mol. The molecule has 1 heterocycles. The Kier molecular flexibility index (Phi) is 3.67. The zero-order chi connectivity index (χ0) is 9.68. The number of ether oxygens (including phenoxy) is 1. The van der Waals surface area contributed by atoms with Gasteiger partial charge in [-0.25, -0.2) is 4.98 Å². The van der Waals surface area contributed by atoms with Gasteiger partial charge in [-0.15, -0.1) is 0 Å². The van der Waals surface area contributed by atoms with E-state index in [1.165, 1.54) is 0 Å². The summed E-state index contributed by atoms with van der Waals surface area (Å²) in [6.07, 6.45) is 1.62. The number of aliphatic hydroxyl groups excluding tert-OH is 1. The van der Waals surface area contributed by atoms with Gasteiger partial charge in [-0.3, -0.25) is 0 Å². The van der Waals surface area contributed by atoms with Crippen molar-refractivity contribution in [3.05, 3.63) is 23.9 Å². The number of nitrogens with zero attached hydrogens (tertiary/aromatic N) is 1. The molecule has 0 aromatic carbocycles. The van der Waals surface area contributed by atoms with Crippen molar-refractivity contribution in [2.24, 2.45) is 5.73 Å². The Morgan fingerprint density at radius 1 is 1.62 bits per heavy atom. The van der Waals surface area contributed by atoms with E-state index in [4.69, 9.17) is 10.5 Å². The van der Waals surface area contributed by atoms with Crippen molar-refractivity contribution in [1.82, 2.24) is 4.98 Å². The maximum atomic E-state index is 9.52. The molecule has 4 heteroatoms. The van der Waals surface area contributed by atoms with Crippen LogP contribution in [0.2, 0.25) is 0 Å². The Morgan fingerprint density at radius 2 is 2.38 bits per heavy atom. The average Bonchev–Trinajstić information content (AvgIpc) is 2.18. The molecule has 0 spiro atoms. The summed E-state index contributed by atoms with van der Waals surface area (Å²) in [6, 6.07) is 3.50. The molecular formula is C9H14N2O2. The molecule has 1 aromatic rings. The van der Waals surface area contributed by atoms with Crippen molar-refractivity contribution in [2.75, 3.05) is 13.7 Å². The highest BCUT2D eigenvalue weighted by Gasteiger charge is 2.06. The Balaban J connectivity index is 2.67. The normalized spacial score (nSPS) is 12.5. The molecule has 0 amide bonds. The molecule has 0 aliphatic carbocycles. The number of methoxy groups -OCH3 is 1. The predicted molar refractivity (Wildman–Crippen MR) is 49.4 cm³/mol. The fourth-order valence-electron chi connectivity index (χ4n) is 1.03. The number of nitrogens with two attached hydrogens (primary N) is 1. The van der Waals surface area contributed by atoms with Crippen LogP contribution in [0, 0.1) is 0 Å². The van der Waals surface area contributed by atoms with E-state index in [-0.39, 0.29) is 0 Å². The molecule has 1 rings (SSSR count). The summed E-state index contributed by atoms with van der Waals surface area (Å²) in [5.41, 5.74) is 6.09. The summed E-state index contributed by atoms with van der Waals surface area (Å²) < 4.78 is 4.89. The minimum Gasteiger partial charge on any atom is -0.481 e. The van der Waals surface area contributed by atoms with Crippen LogP contribution >= 0.6 is 0 Å². The highest BCUT2D eigenvalue weighted by atomic mass is 16.5. The maximum Gasteiger partial charge on any atom is 0.212 e. The topological polar surface area (TPSA) is 68.4 Å². The van der Waals surface area contributed by atoms with Gasteiger partial charge in [0, 0.05) is 12.3 Å². The second-order valence-corrected chi connectivity index (χ2v) is 2.73. The number of hydrogen-bond donors (Lipinski definition) is 2. The van der Waals surface area contributed by atoms with Gasteiger partial charge in [-0.05, 0) is 24.6 Å². The Bertz CT molecular complexity index is 248. The molecule has 13 heavy (non-hydrogen) atoms. The van der Waals surface area contributed by atoms with Gasteiger partial charge in [0.2, 0.25) is 5.88 Å². The molecule has 0 aliphatic heterocycles. The number of rotatable bonds is 4. The van der Waals surface area contributed by atoms with E-state index >= 15 is 0 Å². The SMILES string of the molecule is COc1ccc(C(O)CCN)cn1. The van der Waals surface area contributed by atoms with E-state index in [1.807, 2.05) is 0 Å². The highest BCUT2D eigenvalue weighted by Crippen LogP contribution is 2.16. The van der Waals surface area contributed by atoms with Crippen LogP contribution in [0.15, 0.2) is 18.3 Å². The first-order valence-corrected chi connectivity index (χ1v) is 4.16. The fourth-order valence-corrected chi connectivity index (χ4v) is 1.03. The summed E-state index contributed by atoms with van der Waals surface area (Å²) in [5, 5.41) is 9.52. The third-order valence-corrected chi connectivity index (χ3v) is 1.79.